The number of amides is 1. The highest BCUT2D eigenvalue weighted by Gasteiger charge is 2.25. The highest BCUT2D eigenvalue weighted by atomic mass is 16.5. The quantitative estimate of drug-likeness (QED) is 0.491. The lowest BCUT2D eigenvalue weighted by Gasteiger charge is -2.27. The van der Waals surface area contributed by atoms with Crippen molar-refractivity contribution in [2.45, 2.75) is 64.2 Å². The highest BCUT2D eigenvalue weighted by molar-refractivity contribution is 6.06. The lowest BCUT2D eigenvalue weighted by Crippen LogP contribution is -2.31. The minimum atomic E-state index is -0.206. The summed E-state index contributed by atoms with van der Waals surface area (Å²) in [5.41, 5.74) is 2.94. The highest BCUT2D eigenvalue weighted by Crippen LogP contribution is 2.31. The standard InChI is InChI=1S/C24H30N6O3/c1-4-30-23-20(14-26-30)22(28-17-7-9-18(29-32)10-8-17)21(13-25-23)24(31)27-15(2)16-5-11-19(33-3)12-6-16/h5-6,11-15,17-18H,4,7-10H2,1-3H3,(H,25,28)(H,27,31)/t15-,17?,18?/m1/s1. The Morgan fingerprint density at radius 1 is 1.21 bits per heavy atom. The Labute approximate surface area is 192 Å². The molecule has 9 nitrogen and oxygen atoms in total. The van der Waals surface area contributed by atoms with E-state index < -0.39 is 0 Å². The average Bonchev–Trinajstić information content (AvgIpc) is 3.28. The zero-order valence-corrected chi connectivity index (χ0v) is 19.2. The number of benzene rings is 1. The summed E-state index contributed by atoms with van der Waals surface area (Å²) in [6.07, 6.45) is 6.53. The topological polar surface area (TPSA) is 110 Å². The molecule has 0 radical (unpaired) electrons. The molecule has 4 rings (SSSR count). The third kappa shape index (κ3) is 4.81. The van der Waals surface area contributed by atoms with Crippen LogP contribution in [-0.4, -0.2) is 39.9 Å². The molecule has 1 atom stereocenters. The minimum absolute atomic E-state index is 0.114. The van der Waals surface area contributed by atoms with Crippen LogP contribution < -0.4 is 15.4 Å². The van der Waals surface area contributed by atoms with Crippen molar-refractivity contribution in [3.8, 4) is 5.75 Å². The summed E-state index contributed by atoms with van der Waals surface area (Å²) >= 11 is 0. The molecule has 1 aliphatic carbocycles. The third-order valence-electron chi connectivity index (χ3n) is 6.37. The molecular weight excluding hydrogens is 420 g/mol. The van der Waals surface area contributed by atoms with Gasteiger partial charge in [0.2, 0.25) is 0 Å². The third-order valence-corrected chi connectivity index (χ3v) is 6.37. The fourth-order valence-electron chi connectivity index (χ4n) is 4.37. The Morgan fingerprint density at radius 2 is 1.94 bits per heavy atom. The first-order valence-corrected chi connectivity index (χ1v) is 11.4. The van der Waals surface area contributed by atoms with Gasteiger partial charge >= 0.3 is 0 Å². The first-order valence-electron chi connectivity index (χ1n) is 11.4. The van der Waals surface area contributed by atoms with Crippen molar-refractivity contribution in [3.63, 3.8) is 0 Å². The van der Waals surface area contributed by atoms with Crippen molar-refractivity contribution in [1.82, 2.24) is 20.1 Å². The van der Waals surface area contributed by atoms with Gasteiger partial charge in [-0.25, -0.2) is 9.67 Å². The second-order valence-electron chi connectivity index (χ2n) is 8.47. The first kappa shape index (κ1) is 22.7. The molecule has 0 bridgehead atoms. The molecule has 174 valence electrons. The van der Waals surface area contributed by atoms with Crippen LogP contribution in [0.25, 0.3) is 11.0 Å². The number of hydrogen-bond acceptors (Lipinski definition) is 7. The molecule has 2 N–H and O–H groups in total. The lowest BCUT2D eigenvalue weighted by atomic mass is 9.91. The van der Waals surface area contributed by atoms with Crippen LogP contribution in [0.1, 0.15) is 61.5 Å². The van der Waals surface area contributed by atoms with Gasteiger partial charge < -0.3 is 15.4 Å². The molecule has 1 amide bonds. The fourth-order valence-corrected chi connectivity index (χ4v) is 4.37. The maximum absolute atomic E-state index is 13.3. The van der Waals surface area contributed by atoms with Crippen LogP contribution in [-0.2, 0) is 6.54 Å². The molecule has 2 heterocycles. The maximum atomic E-state index is 13.3. The molecule has 0 aliphatic heterocycles. The normalized spacial score (nSPS) is 19.1. The molecule has 0 unspecified atom stereocenters. The summed E-state index contributed by atoms with van der Waals surface area (Å²) in [6, 6.07) is 7.48. The van der Waals surface area contributed by atoms with E-state index >= 15 is 0 Å². The van der Waals surface area contributed by atoms with Crippen LogP contribution in [0.4, 0.5) is 5.69 Å². The number of methoxy groups -OCH3 is 1. The van der Waals surface area contributed by atoms with Gasteiger partial charge in [0.25, 0.3) is 5.91 Å². The number of aromatic nitrogens is 3. The van der Waals surface area contributed by atoms with Gasteiger partial charge in [-0.1, -0.05) is 17.3 Å². The van der Waals surface area contributed by atoms with Crippen LogP contribution in [0.3, 0.4) is 0 Å². The summed E-state index contributed by atoms with van der Waals surface area (Å²) in [5.74, 6) is 0.563. The van der Waals surface area contributed by atoms with Crippen LogP contribution in [0.5, 0.6) is 5.75 Å². The van der Waals surface area contributed by atoms with Crippen molar-refractivity contribution in [2.24, 2.45) is 5.18 Å². The summed E-state index contributed by atoms with van der Waals surface area (Å²) in [6.45, 7) is 4.64. The fraction of sp³-hybridized carbons (Fsp3) is 0.458. The molecule has 9 heteroatoms. The van der Waals surface area contributed by atoms with E-state index in [0.29, 0.717) is 12.1 Å². The molecule has 0 saturated heterocycles. The summed E-state index contributed by atoms with van der Waals surface area (Å²) in [4.78, 5) is 28.8. The molecule has 3 aromatic rings. The Bertz CT molecular complexity index is 1120. The van der Waals surface area contributed by atoms with Crippen molar-refractivity contribution < 1.29 is 9.53 Å². The van der Waals surface area contributed by atoms with Gasteiger partial charge in [-0.3, -0.25) is 4.79 Å². The van der Waals surface area contributed by atoms with Crippen molar-refractivity contribution in [2.75, 3.05) is 12.4 Å². The van der Waals surface area contributed by atoms with Crippen molar-refractivity contribution >= 4 is 22.6 Å². The number of rotatable bonds is 8. The number of hydrogen-bond donors (Lipinski definition) is 2. The zero-order valence-electron chi connectivity index (χ0n) is 19.2. The molecule has 1 aliphatic rings. The number of pyridine rings is 1. The number of nitrogens with one attached hydrogen (secondary N) is 2. The summed E-state index contributed by atoms with van der Waals surface area (Å²) in [5, 5.41) is 15.1. The number of nitroso groups, excluding NO2 is 1. The Hall–Kier alpha value is -3.49. The summed E-state index contributed by atoms with van der Waals surface area (Å²) in [7, 11) is 1.63. The van der Waals surface area contributed by atoms with E-state index in [1.807, 2.05) is 42.8 Å². The number of aryl methyl sites for hydroxylation is 1. The van der Waals surface area contributed by atoms with Crippen molar-refractivity contribution in [1.29, 1.82) is 0 Å². The van der Waals surface area contributed by atoms with Crippen LogP contribution in [0, 0.1) is 4.91 Å². The second kappa shape index (κ2) is 9.97. The second-order valence-corrected chi connectivity index (χ2v) is 8.47. The van der Waals surface area contributed by atoms with Gasteiger partial charge in [0.15, 0.2) is 5.65 Å². The van der Waals surface area contributed by atoms with Crippen LogP contribution in [0.15, 0.2) is 41.8 Å². The van der Waals surface area contributed by atoms with Gasteiger partial charge in [-0.2, -0.15) is 10.0 Å². The van der Waals surface area contributed by atoms with Gasteiger partial charge in [-0.05, 0) is 57.2 Å². The number of fused-ring (bicyclic) bond motifs is 1. The van der Waals surface area contributed by atoms with Crippen molar-refractivity contribution in [3.05, 3.63) is 52.7 Å². The predicted molar refractivity (Wildman–Crippen MR) is 128 cm³/mol. The molecular formula is C24H30N6O3. The van der Waals surface area contributed by atoms with E-state index in [1.165, 1.54) is 0 Å². The van der Waals surface area contributed by atoms with E-state index in [4.69, 9.17) is 4.74 Å². The lowest BCUT2D eigenvalue weighted by molar-refractivity contribution is 0.0940. The predicted octanol–water partition coefficient (Wildman–Crippen LogP) is 4.44. The van der Waals surface area contributed by atoms with E-state index in [0.717, 1.165) is 53.7 Å². The molecule has 1 fully saturated rings. The Balaban J connectivity index is 1.60. The smallest absolute Gasteiger partial charge is 0.255 e. The van der Waals surface area contributed by atoms with Gasteiger partial charge in [0, 0.05) is 18.8 Å². The van der Waals surface area contributed by atoms with Gasteiger partial charge in [0.1, 0.15) is 5.75 Å². The van der Waals surface area contributed by atoms with E-state index in [2.05, 4.69) is 25.9 Å². The number of carbonyl (C=O) groups is 1. The molecule has 33 heavy (non-hydrogen) atoms. The number of ether oxygens (including phenoxy) is 1. The Kier molecular flexibility index (Phi) is 6.86. The number of carbonyl (C=O) groups excluding carboxylic acids is 1. The van der Waals surface area contributed by atoms with E-state index in [-0.39, 0.29) is 24.0 Å². The number of anilines is 1. The molecule has 1 saturated carbocycles. The molecule has 0 spiro atoms. The SMILES string of the molecule is CCn1ncc2c(NC3CCC(N=O)CC3)c(C(=O)N[C@H](C)c3ccc(OC)cc3)cnc21. The summed E-state index contributed by atoms with van der Waals surface area (Å²) < 4.78 is 7.03. The molecule has 1 aromatic carbocycles. The van der Waals surface area contributed by atoms with Gasteiger partial charge in [0.05, 0.1) is 42.0 Å². The van der Waals surface area contributed by atoms with Gasteiger partial charge in [-0.15, -0.1) is 0 Å². The van der Waals surface area contributed by atoms with E-state index in [1.54, 1.807) is 19.5 Å². The largest absolute Gasteiger partial charge is 0.497 e. The average molecular weight is 451 g/mol. The van der Waals surface area contributed by atoms with Crippen LogP contribution >= 0.6 is 0 Å². The molecule has 2 aromatic heterocycles. The van der Waals surface area contributed by atoms with Crippen LogP contribution in [0.2, 0.25) is 0 Å². The zero-order chi connectivity index (χ0) is 23.4. The minimum Gasteiger partial charge on any atom is -0.497 e. The first-order chi connectivity index (χ1) is 16.0. The monoisotopic (exact) mass is 450 g/mol. The maximum Gasteiger partial charge on any atom is 0.255 e. The Morgan fingerprint density at radius 3 is 2.58 bits per heavy atom. The van der Waals surface area contributed by atoms with E-state index in [9.17, 15) is 9.70 Å². The number of nitrogens with zero attached hydrogens (tertiary/aromatic N) is 4.